The Morgan fingerprint density at radius 1 is 0.917 bits per heavy atom. The van der Waals surface area contributed by atoms with E-state index in [1.165, 1.54) is 0 Å². The minimum absolute atomic E-state index is 0.495. The number of hydrazone groups is 1. The fourth-order valence-corrected chi connectivity index (χ4v) is 2.36. The number of anilines is 1. The first kappa shape index (κ1) is 16.1. The molecule has 0 aliphatic rings. The van der Waals surface area contributed by atoms with Crippen LogP contribution in [0.25, 0.3) is 0 Å². The van der Waals surface area contributed by atoms with Crippen LogP contribution in [-0.2, 0) is 6.61 Å². The number of ether oxygens (including phenoxy) is 1. The van der Waals surface area contributed by atoms with Gasteiger partial charge in [0.05, 0.1) is 11.9 Å². The topological polar surface area (TPSA) is 33.6 Å². The second-order valence-corrected chi connectivity index (χ2v) is 5.63. The summed E-state index contributed by atoms with van der Waals surface area (Å²) in [6, 6.07) is 25.3. The van der Waals surface area contributed by atoms with Crippen molar-refractivity contribution in [3.8, 4) is 5.75 Å². The van der Waals surface area contributed by atoms with Gasteiger partial charge in [-0.1, -0.05) is 60.1 Å². The van der Waals surface area contributed by atoms with Gasteiger partial charge >= 0.3 is 0 Å². The first-order valence-corrected chi connectivity index (χ1v) is 7.99. The van der Waals surface area contributed by atoms with E-state index in [0.717, 1.165) is 22.6 Å². The van der Waals surface area contributed by atoms with Gasteiger partial charge in [0, 0.05) is 10.6 Å². The Labute approximate surface area is 146 Å². The average molecular weight is 337 g/mol. The molecule has 0 atom stereocenters. The number of benzene rings is 3. The molecule has 0 radical (unpaired) electrons. The van der Waals surface area contributed by atoms with Crippen molar-refractivity contribution in [2.24, 2.45) is 5.10 Å². The van der Waals surface area contributed by atoms with Gasteiger partial charge in [0.1, 0.15) is 12.4 Å². The van der Waals surface area contributed by atoms with E-state index in [1.54, 1.807) is 6.21 Å². The van der Waals surface area contributed by atoms with E-state index >= 15 is 0 Å². The predicted molar refractivity (Wildman–Crippen MR) is 99.9 cm³/mol. The maximum Gasteiger partial charge on any atom is 0.128 e. The van der Waals surface area contributed by atoms with Crippen molar-refractivity contribution in [3.63, 3.8) is 0 Å². The number of hydrogen-bond acceptors (Lipinski definition) is 3. The summed E-state index contributed by atoms with van der Waals surface area (Å²) < 4.78 is 5.90. The van der Waals surface area contributed by atoms with Crippen molar-refractivity contribution in [3.05, 3.63) is 95.0 Å². The molecule has 4 heteroatoms. The van der Waals surface area contributed by atoms with Gasteiger partial charge in [-0.25, -0.2) is 0 Å². The molecule has 0 aromatic heterocycles. The highest BCUT2D eigenvalue weighted by Crippen LogP contribution is 2.22. The second kappa shape index (κ2) is 8.18. The molecule has 0 spiro atoms. The Kier molecular flexibility index (Phi) is 5.48. The van der Waals surface area contributed by atoms with Crippen LogP contribution in [0, 0.1) is 0 Å². The molecule has 0 heterocycles. The summed E-state index contributed by atoms with van der Waals surface area (Å²) in [5.41, 5.74) is 5.83. The molecule has 3 aromatic rings. The van der Waals surface area contributed by atoms with Crippen LogP contribution < -0.4 is 10.2 Å². The highest BCUT2D eigenvalue weighted by Gasteiger charge is 2.03. The molecule has 120 valence electrons. The van der Waals surface area contributed by atoms with Gasteiger partial charge < -0.3 is 4.74 Å². The first-order valence-electron chi connectivity index (χ1n) is 7.62. The van der Waals surface area contributed by atoms with Gasteiger partial charge in [-0.15, -0.1) is 0 Å². The molecule has 0 bridgehead atoms. The zero-order valence-corrected chi connectivity index (χ0v) is 13.8. The average Bonchev–Trinajstić information content (AvgIpc) is 2.63. The zero-order valence-electron chi connectivity index (χ0n) is 13.0. The summed E-state index contributed by atoms with van der Waals surface area (Å²) in [5.74, 6) is 0.738. The van der Waals surface area contributed by atoms with Gasteiger partial charge in [0.15, 0.2) is 0 Å². The minimum atomic E-state index is 0.495. The second-order valence-electron chi connectivity index (χ2n) is 5.19. The summed E-state index contributed by atoms with van der Waals surface area (Å²) in [4.78, 5) is 0. The molecular formula is C20H17ClN2O. The molecule has 24 heavy (non-hydrogen) atoms. The molecule has 3 nitrogen and oxygen atoms in total. The van der Waals surface area contributed by atoms with Crippen molar-refractivity contribution in [2.45, 2.75) is 6.61 Å². The molecule has 1 N–H and O–H groups in total. The van der Waals surface area contributed by atoms with Crippen LogP contribution in [0.4, 0.5) is 5.69 Å². The summed E-state index contributed by atoms with van der Waals surface area (Å²) in [7, 11) is 0. The first-order chi connectivity index (χ1) is 11.8. The van der Waals surface area contributed by atoms with Gasteiger partial charge in [-0.3, -0.25) is 5.43 Å². The molecule has 0 amide bonds. The van der Waals surface area contributed by atoms with Crippen molar-refractivity contribution >= 4 is 23.5 Å². The van der Waals surface area contributed by atoms with Gasteiger partial charge in [-0.2, -0.15) is 5.10 Å². The molecule has 0 aliphatic carbocycles. The molecular weight excluding hydrogens is 320 g/mol. The summed E-state index contributed by atoms with van der Waals surface area (Å²) in [6.07, 6.45) is 1.71. The van der Waals surface area contributed by atoms with Crippen molar-refractivity contribution < 1.29 is 4.74 Å². The quantitative estimate of drug-likeness (QED) is 0.485. The molecule has 3 aromatic carbocycles. The predicted octanol–water partition coefficient (Wildman–Crippen LogP) is 5.37. The van der Waals surface area contributed by atoms with E-state index in [9.17, 15) is 0 Å². The van der Waals surface area contributed by atoms with Crippen LogP contribution in [0.2, 0.25) is 5.02 Å². The molecule has 3 rings (SSSR count). The summed E-state index contributed by atoms with van der Waals surface area (Å²) in [5, 5.41) is 4.90. The fourth-order valence-electron chi connectivity index (χ4n) is 2.18. The Hall–Kier alpha value is -2.78. The van der Waals surface area contributed by atoms with Crippen LogP contribution in [0.5, 0.6) is 5.75 Å². The SMILES string of the molecule is Clc1ccc(OCc2ccccc2)c(C=NNc2ccccc2)c1. The van der Waals surface area contributed by atoms with Crippen LogP contribution in [0.15, 0.2) is 84.0 Å². The zero-order chi connectivity index (χ0) is 16.6. The number of nitrogens with zero attached hydrogens (tertiary/aromatic N) is 1. The lowest BCUT2D eigenvalue weighted by molar-refractivity contribution is 0.306. The van der Waals surface area contributed by atoms with Gasteiger partial charge in [0.25, 0.3) is 0 Å². The smallest absolute Gasteiger partial charge is 0.128 e. The van der Waals surface area contributed by atoms with E-state index in [4.69, 9.17) is 16.3 Å². The fraction of sp³-hybridized carbons (Fsp3) is 0.0500. The van der Waals surface area contributed by atoms with Crippen LogP contribution >= 0.6 is 11.6 Å². The maximum atomic E-state index is 6.09. The Bertz CT molecular complexity index is 804. The van der Waals surface area contributed by atoms with E-state index in [0.29, 0.717) is 11.6 Å². The number of rotatable bonds is 6. The number of para-hydroxylation sites is 1. The maximum absolute atomic E-state index is 6.09. The third kappa shape index (κ3) is 4.61. The highest BCUT2D eigenvalue weighted by molar-refractivity contribution is 6.30. The Balaban J connectivity index is 1.71. The normalized spacial score (nSPS) is 10.7. The molecule has 0 aliphatic heterocycles. The Morgan fingerprint density at radius 2 is 1.62 bits per heavy atom. The summed E-state index contributed by atoms with van der Waals surface area (Å²) >= 11 is 6.09. The molecule has 0 saturated heterocycles. The number of halogens is 1. The summed E-state index contributed by atoms with van der Waals surface area (Å²) in [6.45, 7) is 0.495. The van der Waals surface area contributed by atoms with Crippen LogP contribution in [0.3, 0.4) is 0 Å². The van der Waals surface area contributed by atoms with E-state index < -0.39 is 0 Å². The van der Waals surface area contributed by atoms with Crippen LogP contribution in [0.1, 0.15) is 11.1 Å². The third-order valence-corrected chi connectivity index (χ3v) is 3.62. The minimum Gasteiger partial charge on any atom is -0.488 e. The van der Waals surface area contributed by atoms with Gasteiger partial charge in [-0.05, 0) is 35.9 Å². The van der Waals surface area contributed by atoms with Gasteiger partial charge in [0.2, 0.25) is 0 Å². The monoisotopic (exact) mass is 336 g/mol. The lowest BCUT2D eigenvalue weighted by Crippen LogP contribution is -1.99. The van der Waals surface area contributed by atoms with E-state index in [-0.39, 0.29) is 0 Å². The lowest BCUT2D eigenvalue weighted by Gasteiger charge is -2.09. The molecule has 0 unspecified atom stereocenters. The third-order valence-electron chi connectivity index (χ3n) is 3.38. The molecule has 0 saturated carbocycles. The highest BCUT2D eigenvalue weighted by atomic mass is 35.5. The van der Waals surface area contributed by atoms with Crippen LogP contribution in [-0.4, -0.2) is 6.21 Å². The standard InChI is InChI=1S/C20H17ClN2O/c21-18-11-12-20(24-15-16-7-3-1-4-8-16)17(13-18)14-22-23-19-9-5-2-6-10-19/h1-14,23H,15H2. The largest absolute Gasteiger partial charge is 0.488 e. The van der Waals surface area contributed by atoms with Crippen molar-refractivity contribution in [2.75, 3.05) is 5.43 Å². The van der Waals surface area contributed by atoms with E-state index in [1.807, 2.05) is 78.9 Å². The number of hydrogen-bond donors (Lipinski definition) is 1. The van der Waals surface area contributed by atoms with Crippen molar-refractivity contribution in [1.29, 1.82) is 0 Å². The number of nitrogens with one attached hydrogen (secondary N) is 1. The molecule has 0 fully saturated rings. The van der Waals surface area contributed by atoms with E-state index in [2.05, 4.69) is 10.5 Å². The van der Waals surface area contributed by atoms with Crippen molar-refractivity contribution in [1.82, 2.24) is 0 Å². The Morgan fingerprint density at radius 3 is 2.38 bits per heavy atom. The lowest BCUT2D eigenvalue weighted by atomic mass is 10.2.